The van der Waals surface area contributed by atoms with Crippen LogP contribution in [0, 0.1) is 0 Å². The predicted octanol–water partition coefficient (Wildman–Crippen LogP) is 3.84. The molecule has 0 fully saturated rings. The van der Waals surface area contributed by atoms with E-state index in [2.05, 4.69) is 5.16 Å². The highest BCUT2D eigenvalue weighted by atomic mass is 35.5. The van der Waals surface area contributed by atoms with E-state index in [0.29, 0.717) is 27.9 Å². The van der Waals surface area contributed by atoms with E-state index in [1.165, 1.54) is 0 Å². The van der Waals surface area contributed by atoms with Crippen LogP contribution in [0.25, 0.3) is 22.6 Å². The molecule has 4 nitrogen and oxygen atoms in total. The van der Waals surface area contributed by atoms with Gasteiger partial charge in [-0.15, -0.1) is 0 Å². The van der Waals surface area contributed by atoms with E-state index in [9.17, 15) is 0 Å². The number of hydrogen-bond acceptors (Lipinski definition) is 4. The van der Waals surface area contributed by atoms with E-state index in [4.69, 9.17) is 26.3 Å². The van der Waals surface area contributed by atoms with Crippen molar-refractivity contribution >= 4 is 17.4 Å². The van der Waals surface area contributed by atoms with Gasteiger partial charge in [0.1, 0.15) is 0 Å². The fourth-order valence-electron chi connectivity index (χ4n) is 1.80. The molecule has 0 bridgehead atoms. The molecule has 90 valence electrons. The van der Waals surface area contributed by atoms with Crippen LogP contribution < -0.4 is 5.73 Å². The zero-order valence-electron chi connectivity index (χ0n) is 9.26. The number of nitrogen functional groups attached to an aromatic ring is 1. The molecule has 3 aromatic rings. The molecule has 0 aliphatic carbocycles. The quantitative estimate of drug-likeness (QED) is 0.760. The number of halogens is 1. The Morgan fingerprint density at radius 1 is 1.17 bits per heavy atom. The van der Waals surface area contributed by atoms with Crippen molar-refractivity contribution in [1.82, 2.24) is 5.16 Å². The number of nitrogens with zero attached hydrogens (tertiary/aromatic N) is 1. The summed E-state index contributed by atoms with van der Waals surface area (Å²) in [6, 6.07) is 10.9. The third kappa shape index (κ3) is 1.76. The van der Waals surface area contributed by atoms with Crippen LogP contribution in [-0.4, -0.2) is 5.16 Å². The summed E-state index contributed by atoms with van der Waals surface area (Å²) in [7, 11) is 0. The molecule has 2 heterocycles. The Bertz CT molecular complexity index is 674. The Hall–Kier alpha value is -2.20. The van der Waals surface area contributed by atoms with Gasteiger partial charge in [-0.2, -0.15) is 0 Å². The van der Waals surface area contributed by atoms with Gasteiger partial charge in [0.15, 0.2) is 11.6 Å². The fourth-order valence-corrected chi connectivity index (χ4v) is 1.99. The molecule has 0 saturated carbocycles. The summed E-state index contributed by atoms with van der Waals surface area (Å²) < 4.78 is 10.5. The van der Waals surface area contributed by atoms with Crippen molar-refractivity contribution < 1.29 is 8.94 Å². The molecule has 2 aromatic heterocycles. The average molecular weight is 261 g/mol. The van der Waals surface area contributed by atoms with Gasteiger partial charge in [-0.3, -0.25) is 0 Å². The number of furan rings is 1. The summed E-state index contributed by atoms with van der Waals surface area (Å²) in [6.45, 7) is 0. The molecule has 3 rings (SSSR count). The average Bonchev–Trinajstić information content (AvgIpc) is 2.97. The summed E-state index contributed by atoms with van der Waals surface area (Å²) >= 11 is 5.98. The largest absolute Gasteiger partial charge is 0.461 e. The lowest BCUT2D eigenvalue weighted by Crippen LogP contribution is -1.88. The highest BCUT2D eigenvalue weighted by molar-refractivity contribution is 6.30. The molecule has 0 aliphatic heterocycles. The monoisotopic (exact) mass is 260 g/mol. The first-order chi connectivity index (χ1) is 8.75. The zero-order valence-corrected chi connectivity index (χ0v) is 10.0. The van der Waals surface area contributed by atoms with Crippen LogP contribution in [-0.2, 0) is 0 Å². The van der Waals surface area contributed by atoms with Crippen LogP contribution in [0.3, 0.4) is 0 Å². The molecule has 0 amide bonds. The summed E-state index contributed by atoms with van der Waals surface area (Å²) in [4.78, 5) is 0. The summed E-state index contributed by atoms with van der Waals surface area (Å²) in [5.74, 6) is 1.39. The second-order valence-corrected chi connectivity index (χ2v) is 4.20. The van der Waals surface area contributed by atoms with Crippen molar-refractivity contribution in [2.24, 2.45) is 0 Å². The first-order valence-electron chi connectivity index (χ1n) is 5.30. The van der Waals surface area contributed by atoms with E-state index < -0.39 is 0 Å². The number of aromatic nitrogens is 1. The van der Waals surface area contributed by atoms with Gasteiger partial charge in [0, 0.05) is 5.02 Å². The number of hydrogen-bond donors (Lipinski definition) is 1. The van der Waals surface area contributed by atoms with Crippen molar-refractivity contribution in [1.29, 1.82) is 0 Å². The van der Waals surface area contributed by atoms with Gasteiger partial charge >= 0.3 is 0 Å². The Balaban J connectivity index is 2.20. The smallest absolute Gasteiger partial charge is 0.212 e. The van der Waals surface area contributed by atoms with E-state index in [0.717, 1.165) is 5.56 Å². The minimum atomic E-state index is 0.309. The van der Waals surface area contributed by atoms with Gasteiger partial charge < -0.3 is 14.7 Å². The van der Waals surface area contributed by atoms with Crippen molar-refractivity contribution in [3.63, 3.8) is 0 Å². The lowest BCUT2D eigenvalue weighted by Gasteiger charge is -2.01. The standard InChI is InChI=1S/C13H9ClN2O2/c14-9-4-1-3-8(7-9)11-12(18-16-13(11)15)10-5-2-6-17-10/h1-7H,(H2,15,16). The molecule has 18 heavy (non-hydrogen) atoms. The number of rotatable bonds is 2. The van der Waals surface area contributed by atoms with Crippen LogP contribution in [0.2, 0.25) is 5.02 Å². The minimum Gasteiger partial charge on any atom is -0.461 e. The molecular weight excluding hydrogens is 252 g/mol. The fraction of sp³-hybridized carbons (Fsp3) is 0. The van der Waals surface area contributed by atoms with Crippen LogP contribution in [0.5, 0.6) is 0 Å². The van der Waals surface area contributed by atoms with Crippen LogP contribution in [0.15, 0.2) is 51.6 Å². The number of anilines is 1. The van der Waals surface area contributed by atoms with Crippen molar-refractivity contribution in [3.8, 4) is 22.6 Å². The van der Waals surface area contributed by atoms with Crippen molar-refractivity contribution in [2.75, 3.05) is 5.73 Å². The van der Waals surface area contributed by atoms with Gasteiger partial charge in [-0.25, -0.2) is 0 Å². The summed E-state index contributed by atoms with van der Waals surface area (Å²) in [6.07, 6.45) is 1.57. The Labute approximate surface area is 108 Å². The third-order valence-corrected chi connectivity index (χ3v) is 2.81. The third-order valence-electron chi connectivity index (χ3n) is 2.58. The first-order valence-corrected chi connectivity index (χ1v) is 5.68. The second kappa shape index (κ2) is 4.23. The van der Waals surface area contributed by atoms with E-state index >= 15 is 0 Å². The second-order valence-electron chi connectivity index (χ2n) is 3.76. The Morgan fingerprint density at radius 2 is 2.06 bits per heavy atom. The minimum absolute atomic E-state index is 0.309. The normalized spacial score (nSPS) is 10.7. The zero-order chi connectivity index (χ0) is 12.5. The maximum Gasteiger partial charge on any atom is 0.212 e. The molecule has 1 aromatic carbocycles. The van der Waals surface area contributed by atoms with Crippen molar-refractivity contribution in [3.05, 3.63) is 47.7 Å². The first kappa shape index (κ1) is 10.9. The van der Waals surface area contributed by atoms with E-state index in [1.807, 2.05) is 12.1 Å². The summed E-state index contributed by atoms with van der Waals surface area (Å²) in [5.41, 5.74) is 7.37. The summed E-state index contributed by atoms with van der Waals surface area (Å²) in [5, 5.41) is 4.40. The topological polar surface area (TPSA) is 65.2 Å². The lowest BCUT2D eigenvalue weighted by molar-refractivity contribution is 0.421. The molecule has 0 saturated heterocycles. The highest BCUT2D eigenvalue weighted by Gasteiger charge is 2.19. The van der Waals surface area contributed by atoms with Crippen LogP contribution in [0.1, 0.15) is 0 Å². The highest BCUT2D eigenvalue weighted by Crippen LogP contribution is 2.37. The van der Waals surface area contributed by atoms with Crippen LogP contribution >= 0.6 is 11.6 Å². The number of benzene rings is 1. The van der Waals surface area contributed by atoms with Gasteiger partial charge in [-0.1, -0.05) is 28.9 Å². The number of nitrogens with two attached hydrogens (primary N) is 1. The Kier molecular flexibility index (Phi) is 2.57. The maximum atomic E-state index is 5.98. The molecule has 2 N–H and O–H groups in total. The molecule has 0 atom stereocenters. The molecule has 0 spiro atoms. The van der Waals surface area contributed by atoms with E-state index in [-0.39, 0.29) is 0 Å². The van der Waals surface area contributed by atoms with Gasteiger partial charge in [0.2, 0.25) is 5.76 Å². The Morgan fingerprint density at radius 3 is 2.78 bits per heavy atom. The van der Waals surface area contributed by atoms with E-state index in [1.54, 1.807) is 30.5 Å². The predicted molar refractivity (Wildman–Crippen MR) is 69.1 cm³/mol. The SMILES string of the molecule is Nc1noc(-c2ccco2)c1-c1cccc(Cl)c1. The maximum absolute atomic E-state index is 5.98. The molecule has 0 unspecified atom stereocenters. The van der Waals surface area contributed by atoms with Gasteiger partial charge in [0.05, 0.1) is 11.8 Å². The van der Waals surface area contributed by atoms with Crippen LogP contribution in [0.4, 0.5) is 5.82 Å². The lowest BCUT2D eigenvalue weighted by atomic mass is 10.0. The van der Waals surface area contributed by atoms with Crippen molar-refractivity contribution in [2.45, 2.75) is 0 Å². The molecular formula is C13H9ClN2O2. The van der Waals surface area contributed by atoms with Gasteiger partial charge in [0.25, 0.3) is 0 Å². The molecule has 5 heteroatoms. The molecule has 0 aliphatic rings. The van der Waals surface area contributed by atoms with Gasteiger partial charge in [-0.05, 0) is 29.8 Å². The molecule has 0 radical (unpaired) electrons.